The Morgan fingerprint density at radius 2 is 1.65 bits per heavy atom. The van der Waals surface area contributed by atoms with Gasteiger partial charge in [0.2, 0.25) is 0 Å². The lowest BCUT2D eigenvalue weighted by Crippen LogP contribution is -1.98. The largest absolute Gasteiger partial charge is 0.497 e. The molecule has 0 aliphatic carbocycles. The molecule has 0 amide bonds. The van der Waals surface area contributed by atoms with E-state index in [2.05, 4.69) is 0 Å². The molecule has 0 fully saturated rings. The number of rotatable bonds is 4. The molecular formula is C17H16O3. The first-order valence-corrected chi connectivity index (χ1v) is 6.28. The summed E-state index contributed by atoms with van der Waals surface area (Å²) in [4.78, 5) is 11.2. The minimum atomic E-state index is -0.339. The summed E-state index contributed by atoms with van der Waals surface area (Å²) in [5.41, 5.74) is 1.80. The van der Waals surface area contributed by atoms with E-state index in [4.69, 9.17) is 9.47 Å². The Hall–Kier alpha value is -2.55. The molecule has 0 N–H and O–H groups in total. The van der Waals surface area contributed by atoms with Crippen molar-refractivity contribution >= 4 is 17.8 Å². The minimum Gasteiger partial charge on any atom is -0.497 e. The van der Waals surface area contributed by atoms with Crippen LogP contribution in [0.15, 0.2) is 54.6 Å². The zero-order valence-electron chi connectivity index (χ0n) is 11.5. The minimum absolute atomic E-state index is 0.339. The monoisotopic (exact) mass is 268 g/mol. The molecule has 20 heavy (non-hydrogen) atoms. The van der Waals surface area contributed by atoms with Gasteiger partial charge in [0.25, 0.3) is 0 Å². The molecule has 0 atom stereocenters. The van der Waals surface area contributed by atoms with Crippen LogP contribution in [0.3, 0.4) is 0 Å². The first kappa shape index (κ1) is 13.9. The molecular weight excluding hydrogens is 252 g/mol. The van der Waals surface area contributed by atoms with Gasteiger partial charge in [-0.3, -0.25) is 4.79 Å². The van der Waals surface area contributed by atoms with Gasteiger partial charge in [-0.15, -0.1) is 0 Å². The fourth-order valence-electron chi connectivity index (χ4n) is 1.78. The number of esters is 1. The summed E-state index contributed by atoms with van der Waals surface area (Å²) in [5, 5.41) is 0. The summed E-state index contributed by atoms with van der Waals surface area (Å²) in [6.45, 7) is 1.39. The average Bonchev–Trinajstić information content (AvgIpc) is 2.48. The molecule has 0 saturated carbocycles. The molecule has 3 heteroatoms. The molecule has 2 rings (SSSR count). The second kappa shape index (κ2) is 6.57. The van der Waals surface area contributed by atoms with Gasteiger partial charge in [0, 0.05) is 12.5 Å². The Morgan fingerprint density at radius 1 is 1.00 bits per heavy atom. The van der Waals surface area contributed by atoms with E-state index in [9.17, 15) is 4.79 Å². The Bertz CT molecular complexity index is 598. The van der Waals surface area contributed by atoms with Gasteiger partial charge in [0.05, 0.1) is 7.11 Å². The average molecular weight is 268 g/mol. The maximum atomic E-state index is 11.2. The van der Waals surface area contributed by atoms with Crippen molar-refractivity contribution in [3.05, 3.63) is 65.7 Å². The quantitative estimate of drug-likeness (QED) is 0.481. The first-order valence-electron chi connectivity index (χ1n) is 6.28. The molecule has 2 aromatic carbocycles. The summed E-state index contributed by atoms with van der Waals surface area (Å²) < 4.78 is 10.4. The van der Waals surface area contributed by atoms with Crippen molar-refractivity contribution in [1.82, 2.24) is 0 Å². The SMILES string of the molecule is COc1ccc(/C=C(\OC(C)=O)c2ccccc2)cc1. The Labute approximate surface area is 118 Å². The Morgan fingerprint density at radius 3 is 2.20 bits per heavy atom. The van der Waals surface area contributed by atoms with Gasteiger partial charge in [-0.1, -0.05) is 42.5 Å². The first-order chi connectivity index (χ1) is 9.69. The molecule has 0 bridgehead atoms. The van der Waals surface area contributed by atoms with Crippen LogP contribution >= 0.6 is 0 Å². The smallest absolute Gasteiger partial charge is 0.308 e. The number of carbonyl (C=O) groups excluding carboxylic acids is 1. The van der Waals surface area contributed by atoms with Gasteiger partial charge in [-0.05, 0) is 23.8 Å². The van der Waals surface area contributed by atoms with Crippen LogP contribution in [-0.2, 0) is 9.53 Å². The van der Waals surface area contributed by atoms with E-state index >= 15 is 0 Å². The molecule has 102 valence electrons. The highest BCUT2D eigenvalue weighted by atomic mass is 16.5. The van der Waals surface area contributed by atoms with Crippen LogP contribution in [0.25, 0.3) is 11.8 Å². The topological polar surface area (TPSA) is 35.5 Å². The van der Waals surface area contributed by atoms with E-state index in [1.165, 1.54) is 6.92 Å². The lowest BCUT2D eigenvalue weighted by atomic mass is 10.1. The highest BCUT2D eigenvalue weighted by molar-refractivity contribution is 5.84. The Balaban J connectivity index is 2.34. The van der Waals surface area contributed by atoms with Crippen LogP contribution in [0.4, 0.5) is 0 Å². The highest BCUT2D eigenvalue weighted by Crippen LogP contribution is 2.21. The second-order valence-corrected chi connectivity index (χ2v) is 4.24. The predicted octanol–water partition coefficient (Wildman–Crippen LogP) is 3.76. The molecule has 0 heterocycles. The third-order valence-corrected chi connectivity index (χ3v) is 2.73. The van der Waals surface area contributed by atoms with Crippen molar-refractivity contribution in [3.63, 3.8) is 0 Å². The van der Waals surface area contributed by atoms with Gasteiger partial charge in [0.15, 0.2) is 0 Å². The molecule has 3 nitrogen and oxygen atoms in total. The fourth-order valence-corrected chi connectivity index (χ4v) is 1.78. The third kappa shape index (κ3) is 3.72. The van der Waals surface area contributed by atoms with E-state index < -0.39 is 0 Å². The van der Waals surface area contributed by atoms with E-state index in [0.29, 0.717) is 5.76 Å². The number of carbonyl (C=O) groups is 1. The lowest BCUT2D eigenvalue weighted by molar-refractivity contribution is -0.134. The number of benzene rings is 2. The van der Waals surface area contributed by atoms with Crippen LogP contribution in [0, 0.1) is 0 Å². The zero-order chi connectivity index (χ0) is 14.4. The molecule has 0 unspecified atom stereocenters. The van der Waals surface area contributed by atoms with Crippen molar-refractivity contribution in [3.8, 4) is 5.75 Å². The standard InChI is InChI=1S/C17H16O3/c1-13(18)20-17(15-6-4-3-5-7-15)12-14-8-10-16(19-2)11-9-14/h3-12H,1-2H3/b17-12-. The number of hydrogen-bond acceptors (Lipinski definition) is 3. The fraction of sp³-hybridized carbons (Fsp3) is 0.118. The molecule has 0 radical (unpaired) electrons. The maximum Gasteiger partial charge on any atom is 0.308 e. The van der Waals surface area contributed by atoms with Gasteiger partial charge in [-0.25, -0.2) is 0 Å². The molecule has 0 saturated heterocycles. The van der Waals surface area contributed by atoms with Crippen LogP contribution in [0.2, 0.25) is 0 Å². The third-order valence-electron chi connectivity index (χ3n) is 2.73. The van der Waals surface area contributed by atoms with E-state index in [1.807, 2.05) is 60.7 Å². The van der Waals surface area contributed by atoms with E-state index in [1.54, 1.807) is 7.11 Å². The predicted molar refractivity (Wildman–Crippen MR) is 79.1 cm³/mol. The molecule has 0 spiro atoms. The van der Waals surface area contributed by atoms with E-state index in [0.717, 1.165) is 16.9 Å². The van der Waals surface area contributed by atoms with Crippen LogP contribution < -0.4 is 4.74 Å². The number of methoxy groups -OCH3 is 1. The van der Waals surface area contributed by atoms with Crippen molar-refractivity contribution < 1.29 is 14.3 Å². The normalized spacial score (nSPS) is 11.0. The van der Waals surface area contributed by atoms with Gasteiger partial charge in [0.1, 0.15) is 11.5 Å². The van der Waals surface area contributed by atoms with Gasteiger partial charge >= 0.3 is 5.97 Å². The zero-order valence-corrected chi connectivity index (χ0v) is 11.5. The lowest BCUT2D eigenvalue weighted by Gasteiger charge is -2.08. The van der Waals surface area contributed by atoms with Crippen molar-refractivity contribution in [1.29, 1.82) is 0 Å². The van der Waals surface area contributed by atoms with E-state index in [-0.39, 0.29) is 5.97 Å². The number of ether oxygens (including phenoxy) is 2. The summed E-state index contributed by atoms with van der Waals surface area (Å²) in [5.74, 6) is 0.979. The van der Waals surface area contributed by atoms with Crippen LogP contribution in [0.5, 0.6) is 5.75 Å². The summed E-state index contributed by atoms with van der Waals surface area (Å²) in [6.07, 6.45) is 1.83. The second-order valence-electron chi connectivity index (χ2n) is 4.24. The van der Waals surface area contributed by atoms with Gasteiger partial charge in [-0.2, -0.15) is 0 Å². The molecule has 2 aromatic rings. The van der Waals surface area contributed by atoms with Crippen molar-refractivity contribution in [2.45, 2.75) is 6.92 Å². The molecule has 0 aliphatic rings. The summed E-state index contributed by atoms with van der Waals surface area (Å²) >= 11 is 0. The summed E-state index contributed by atoms with van der Waals surface area (Å²) in [6, 6.07) is 17.1. The molecule has 0 aliphatic heterocycles. The van der Waals surface area contributed by atoms with Crippen molar-refractivity contribution in [2.24, 2.45) is 0 Å². The molecule has 0 aromatic heterocycles. The van der Waals surface area contributed by atoms with Crippen LogP contribution in [-0.4, -0.2) is 13.1 Å². The maximum absolute atomic E-state index is 11.2. The Kier molecular flexibility index (Phi) is 4.56. The van der Waals surface area contributed by atoms with Gasteiger partial charge < -0.3 is 9.47 Å². The summed E-state index contributed by atoms with van der Waals surface area (Å²) in [7, 11) is 1.62. The highest BCUT2D eigenvalue weighted by Gasteiger charge is 2.06. The number of hydrogen-bond donors (Lipinski definition) is 0. The van der Waals surface area contributed by atoms with Crippen molar-refractivity contribution in [2.75, 3.05) is 7.11 Å². The van der Waals surface area contributed by atoms with Crippen LogP contribution in [0.1, 0.15) is 18.1 Å².